The van der Waals surface area contributed by atoms with E-state index in [9.17, 15) is 0 Å². The molecule has 0 unspecified atom stereocenters. The van der Waals surface area contributed by atoms with Crippen LogP contribution in [-0.4, -0.2) is 0 Å². The lowest BCUT2D eigenvalue weighted by atomic mass is 9.88. The summed E-state index contributed by atoms with van der Waals surface area (Å²) in [6.45, 7) is 0. The van der Waals surface area contributed by atoms with Crippen LogP contribution >= 0.6 is 0 Å². The van der Waals surface area contributed by atoms with E-state index >= 15 is 0 Å². The average molecular weight is 713 g/mol. The first-order valence-electron chi connectivity index (χ1n) is 19.3. The summed E-state index contributed by atoms with van der Waals surface area (Å²) in [5.41, 5.74) is 6.78. The minimum Gasteiger partial charge on any atom is -0.310 e. The van der Waals surface area contributed by atoms with Crippen molar-refractivity contribution in [2.24, 2.45) is 0 Å². The van der Waals surface area contributed by atoms with Crippen LogP contribution in [0.4, 0.5) is 34.1 Å². The van der Waals surface area contributed by atoms with E-state index in [1.54, 1.807) is 0 Å². The third kappa shape index (κ3) is 5.19. The summed E-state index contributed by atoms with van der Waals surface area (Å²) in [6.07, 6.45) is 0. The maximum Gasteiger partial charge on any atom is 0.0468 e. The van der Waals surface area contributed by atoms with Crippen LogP contribution in [0.1, 0.15) is 0 Å². The Morgan fingerprint density at radius 1 is 0.161 bits per heavy atom. The Balaban J connectivity index is 1.19. The number of para-hydroxylation sites is 4. The topological polar surface area (TPSA) is 6.48 Å². The highest BCUT2D eigenvalue weighted by atomic mass is 15.1. The predicted octanol–water partition coefficient (Wildman–Crippen LogP) is 15.5. The molecular formula is C54H36N2. The zero-order chi connectivity index (χ0) is 37.0. The average Bonchev–Trinajstić information content (AvgIpc) is 3.28. The lowest BCUT2D eigenvalue weighted by Crippen LogP contribution is -2.09. The molecule has 0 N–H and O–H groups in total. The Kier molecular flexibility index (Phi) is 7.53. The molecule has 0 bridgehead atoms. The van der Waals surface area contributed by atoms with Crippen LogP contribution < -0.4 is 9.80 Å². The van der Waals surface area contributed by atoms with Gasteiger partial charge in [-0.1, -0.05) is 133 Å². The van der Waals surface area contributed by atoms with Gasteiger partial charge in [0.15, 0.2) is 0 Å². The fraction of sp³-hybridized carbons (Fsp3) is 0. The Morgan fingerprint density at radius 3 is 0.679 bits per heavy atom. The summed E-state index contributed by atoms with van der Waals surface area (Å²) < 4.78 is 0. The molecule has 2 heteroatoms. The summed E-state index contributed by atoms with van der Waals surface area (Å²) in [5.74, 6) is 0. The Bertz CT molecular complexity index is 2940. The Labute approximate surface area is 325 Å². The van der Waals surface area contributed by atoms with Gasteiger partial charge in [0.25, 0.3) is 0 Å². The molecule has 0 heterocycles. The van der Waals surface area contributed by atoms with Gasteiger partial charge in [0.1, 0.15) is 0 Å². The molecule has 0 aromatic heterocycles. The van der Waals surface area contributed by atoms with E-state index in [-0.39, 0.29) is 0 Å². The largest absolute Gasteiger partial charge is 0.310 e. The van der Waals surface area contributed by atoms with Crippen LogP contribution in [-0.2, 0) is 0 Å². The minimum atomic E-state index is 1.13. The van der Waals surface area contributed by atoms with Gasteiger partial charge in [-0.15, -0.1) is 0 Å². The molecule has 0 amide bonds. The first-order chi connectivity index (χ1) is 27.8. The SMILES string of the molecule is c1ccc(N(c2ccccc2)c2ccc3c(c2)c2ccccc2c2cc4c5ccccc5c5cc(N(c6ccccc6)c6ccccc6)ccc5c4cc32)cc1. The molecule has 0 aliphatic heterocycles. The maximum atomic E-state index is 2.46. The molecule has 11 aromatic carbocycles. The molecule has 0 spiro atoms. The van der Waals surface area contributed by atoms with Gasteiger partial charge >= 0.3 is 0 Å². The van der Waals surface area contributed by atoms with Crippen LogP contribution in [0.2, 0.25) is 0 Å². The molecule has 11 aromatic rings. The summed E-state index contributed by atoms with van der Waals surface area (Å²) >= 11 is 0. The second-order valence-electron chi connectivity index (χ2n) is 14.5. The molecule has 11 rings (SSSR count). The maximum absolute atomic E-state index is 2.46. The van der Waals surface area contributed by atoms with E-state index in [1.165, 1.54) is 64.6 Å². The number of anilines is 6. The summed E-state index contributed by atoms with van der Waals surface area (Å²) in [5, 5.41) is 15.1. The van der Waals surface area contributed by atoms with Crippen molar-refractivity contribution in [3.8, 4) is 0 Å². The lowest BCUT2D eigenvalue weighted by Gasteiger charge is -2.26. The van der Waals surface area contributed by atoms with Crippen molar-refractivity contribution in [3.05, 3.63) is 218 Å². The zero-order valence-corrected chi connectivity index (χ0v) is 30.7. The van der Waals surface area contributed by atoms with Crippen molar-refractivity contribution in [2.75, 3.05) is 9.80 Å². The second-order valence-corrected chi connectivity index (χ2v) is 14.5. The molecular weight excluding hydrogens is 677 g/mol. The fourth-order valence-electron chi connectivity index (χ4n) is 8.86. The van der Waals surface area contributed by atoms with E-state index in [4.69, 9.17) is 0 Å². The molecule has 0 radical (unpaired) electrons. The Hall–Kier alpha value is -7.42. The lowest BCUT2D eigenvalue weighted by molar-refractivity contribution is 1.29. The number of rotatable bonds is 6. The summed E-state index contributed by atoms with van der Waals surface area (Å²) in [4.78, 5) is 4.70. The van der Waals surface area contributed by atoms with Crippen molar-refractivity contribution in [1.29, 1.82) is 0 Å². The van der Waals surface area contributed by atoms with E-state index < -0.39 is 0 Å². The van der Waals surface area contributed by atoms with Gasteiger partial charge in [-0.05, 0) is 150 Å². The highest BCUT2D eigenvalue weighted by Crippen LogP contribution is 2.45. The summed E-state index contributed by atoms with van der Waals surface area (Å²) in [7, 11) is 0. The fourth-order valence-corrected chi connectivity index (χ4v) is 8.86. The van der Waals surface area contributed by atoms with Crippen LogP contribution in [0.15, 0.2) is 218 Å². The molecule has 262 valence electrons. The van der Waals surface area contributed by atoms with Gasteiger partial charge < -0.3 is 9.80 Å². The standard InChI is InChI=1S/C54H36N2/c1-5-17-37(18-6-1)55(38-19-7-2-8-20-38)41-29-31-47-49(33-41)43-25-13-15-27-45(43)51-35-52-46-28-16-14-26-44(46)50-34-42(30-32-48(50)54(52)36-53(47)51)56(39-21-9-3-10-22-39)40-23-11-4-12-24-40/h1-36H. The van der Waals surface area contributed by atoms with Gasteiger partial charge in [0.05, 0.1) is 0 Å². The number of hydrogen-bond donors (Lipinski definition) is 0. The molecule has 0 aliphatic rings. The van der Waals surface area contributed by atoms with Crippen LogP contribution in [0.3, 0.4) is 0 Å². The normalized spacial score (nSPS) is 11.6. The molecule has 0 saturated carbocycles. The smallest absolute Gasteiger partial charge is 0.0468 e. The van der Waals surface area contributed by atoms with Crippen molar-refractivity contribution >= 4 is 98.8 Å². The van der Waals surface area contributed by atoms with Gasteiger partial charge in [-0.25, -0.2) is 0 Å². The number of hydrogen-bond acceptors (Lipinski definition) is 2. The van der Waals surface area contributed by atoms with Gasteiger partial charge in [-0.3, -0.25) is 0 Å². The first kappa shape index (κ1) is 32.0. The van der Waals surface area contributed by atoms with Gasteiger partial charge in [0, 0.05) is 34.1 Å². The van der Waals surface area contributed by atoms with E-state index in [2.05, 4.69) is 228 Å². The third-order valence-electron chi connectivity index (χ3n) is 11.3. The van der Waals surface area contributed by atoms with Crippen molar-refractivity contribution in [3.63, 3.8) is 0 Å². The summed E-state index contributed by atoms with van der Waals surface area (Å²) in [6, 6.07) is 79.4. The number of benzene rings is 11. The third-order valence-corrected chi connectivity index (χ3v) is 11.3. The van der Waals surface area contributed by atoms with Crippen molar-refractivity contribution in [2.45, 2.75) is 0 Å². The van der Waals surface area contributed by atoms with Crippen molar-refractivity contribution in [1.82, 2.24) is 0 Å². The van der Waals surface area contributed by atoms with Crippen LogP contribution in [0.25, 0.3) is 64.6 Å². The highest BCUT2D eigenvalue weighted by molar-refractivity contribution is 6.33. The van der Waals surface area contributed by atoms with E-state index in [1.807, 2.05) is 0 Å². The molecule has 0 atom stereocenters. The van der Waals surface area contributed by atoms with E-state index in [0.29, 0.717) is 0 Å². The molecule has 56 heavy (non-hydrogen) atoms. The van der Waals surface area contributed by atoms with Crippen LogP contribution in [0.5, 0.6) is 0 Å². The first-order valence-corrected chi connectivity index (χ1v) is 19.3. The van der Waals surface area contributed by atoms with Crippen LogP contribution in [0, 0.1) is 0 Å². The predicted molar refractivity (Wildman–Crippen MR) is 241 cm³/mol. The highest BCUT2D eigenvalue weighted by Gasteiger charge is 2.19. The minimum absolute atomic E-state index is 1.13. The monoisotopic (exact) mass is 712 g/mol. The molecule has 0 aliphatic carbocycles. The van der Waals surface area contributed by atoms with Crippen molar-refractivity contribution < 1.29 is 0 Å². The molecule has 0 saturated heterocycles. The van der Waals surface area contributed by atoms with Gasteiger partial charge in [0.2, 0.25) is 0 Å². The number of nitrogens with zero attached hydrogens (tertiary/aromatic N) is 2. The number of fused-ring (bicyclic) bond motifs is 12. The quantitative estimate of drug-likeness (QED) is 0.125. The van der Waals surface area contributed by atoms with E-state index in [0.717, 1.165) is 34.1 Å². The Morgan fingerprint density at radius 2 is 0.393 bits per heavy atom. The molecule has 2 nitrogen and oxygen atoms in total. The zero-order valence-electron chi connectivity index (χ0n) is 30.7. The molecule has 0 fully saturated rings. The second kappa shape index (κ2) is 13.2. The van der Waals surface area contributed by atoms with Gasteiger partial charge in [-0.2, -0.15) is 0 Å².